The molecule has 37 heavy (non-hydrogen) atoms. The van der Waals surface area contributed by atoms with Gasteiger partial charge in [0.25, 0.3) is 0 Å². The van der Waals surface area contributed by atoms with E-state index >= 15 is 0 Å². The van der Waals surface area contributed by atoms with Crippen LogP contribution in [0.3, 0.4) is 0 Å². The number of nitrogens with zero attached hydrogens (tertiary/aromatic N) is 1. The van der Waals surface area contributed by atoms with Gasteiger partial charge in [-0.25, -0.2) is 0 Å². The van der Waals surface area contributed by atoms with Gasteiger partial charge >= 0.3 is 0 Å². The molecule has 3 N–H and O–H groups in total. The second-order valence-electron chi connectivity index (χ2n) is 8.18. The molecule has 1 heterocycles. The number of hydrogen-bond acceptors (Lipinski definition) is 8. The van der Waals surface area contributed by atoms with Gasteiger partial charge in [-0.15, -0.1) is 0 Å². The molecular formula is C28H29N3O6. The Morgan fingerprint density at radius 3 is 2.19 bits per heavy atom. The van der Waals surface area contributed by atoms with Gasteiger partial charge in [-0.1, -0.05) is 41.6 Å². The Kier molecular flexibility index (Phi) is 7.95. The van der Waals surface area contributed by atoms with Crippen molar-refractivity contribution >= 4 is 11.6 Å². The van der Waals surface area contributed by atoms with Gasteiger partial charge in [0.05, 0.1) is 46.4 Å². The molecule has 1 amide bonds. The number of benzene rings is 3. The highest BCUT2D eigenvalue weighted by molar-refractivity contribution is 5.97. The number of amides is 1. The summed E-state index contributed by atoms with van der Waals surface area (Å²) in [6, 6.07) is 17.8. The molecule has 0 aliphatic carbocycles. The van der Waals surface area contributed by atoms with Crippen molar-refractivity contribution in [3.8, 4) is 45.4 Å². The molecule has 192 valence electrons. The second-order valence-corrected chi connectivity index (χ2v) is 8.18. The molecule has 1 aromatic heterocycles. The zero-order chi connectivity index (χ0) is 26.4. The maximum atomic E-state index is 12.9. The van der Waals surface area contributed by atoms with Crippen molar-refractivity contribution in [3.05, 3.63) is 72.4 Å². The van der Waals surface area contributed by atoms with Crippen LogP contribution < -0.4 is 30.0 Å². The number of carbonyl (C=O) groups excluding carboxylic acids is 1. The molecule has 1 atom stereocenters. The minimum Gasteiger partial charge on any atom is -0.495 e. The van der Waals surface area contributed by atoms with Crippen LogP contribution in [0.5, 0.6) is 23.0 Å². The molecule has 0 spiro atoms. The van der Waals surface area contributed by atoms with E-state index in [0.717, 1.165) is 11.1 Å². The summed E-state index contributed by atoms with van der Waals surface area (Å²) in [4.78, 5) is 12.9. The van der Waals surface area contributed by atoms with E-state index < -0.39 is 6.04 Å². The van der Waals surface area contributed by atoms with E-state index in [1.165, 1.54) is 7.11 Å². The zero-order valence-electron chi connectivity index (χ0n) is 21.1. The monoisotopic (exact) mass is 503 g/mol. The molecule has 0 radical (unpaired) electrons. The molecule has 9 heteroatoms. The molecule has 3 aromatic carbocycles. The normalized spacial score (nSPS) is 11.5. The largest absolute Gasteiger partial charge is 0.495 e. The number of aromatic nitrogens is 1. The van der Waals surface area contributed by atoms with Crippen LogP contribution in [-0.2, 0) is 11.2 Å². The van der Waals surface area contributed by atoms with Crippen molar-refractivity contribution in [3.63, 3.8) is 0 Å². The summed E-state index contributed by atoms with van der Waals surface area (Å²) in [5.41, 5.74) is 9.76. The average molecular weight is 504 g/mol. The maximum absolute atomic E-state index is 12.9. The van der Waals surface area contributed by atoms with E-state index in [9.17, 15) is 4.79 Å². The average Bonchev–Trinajstić information content (AvgIpc) is 3.42. The first-order valence-corrected chi connectivity index (χ1v) is 11.5. The van der Waals surface area contributed by atoms with Crippen molar-refractivity contribution in [1.29, 1.82) is 0 Å². The van der Waals surface area contributed by atoms with Crippen LogP contribution in [0.4, 0.5) is 5.69 Å². The fourth-order valence-electron chi connectivity index (χ4n) is 4.02. The summed E-state index contributed by atoms with van der Waals surface area (Å²) in [6.07, 6.45) is 2.01. The number of carbonyl (C=O) groups is 1. The van der Waals surface area contributed by atoms with Crippen LogP contribution in [0, 0.1) is 0 Å². The third kappa shape index (κ3) is 5.52. The van der Waals surface area contributed by atoms with E-state index in [1.807, 2.05) is 36.4 Å². The van der Waals surface area contributed by atoms with Gasteiger partial charge in [-0.05, 0) is 41.8 Å². The van der Waals surface area contributed by atoms with Crippen LogP contribution in [0.25, 0.3) is 22.5 Å². The molecule has 4 aromatic rings. The molecule has 0 saturated carbocycles. The summed E-state index contributed by atoms with van der Waals surface area (Å²) < 4.78 is 27.5. The molecule has 0 saturated heterocycles. The molecule has 0 fully saturated rings. The SMILES string of the molecule is COc1ccc(-c2cnoc2-c2cc(OC)c(OC)c(OC)c2)cc1NC(=O)[C@@H](N)Cc1ccccc1. The van der Waals surface area contributed by atoms with Crippen LogP contribution in [0.1, 0.15) is 5.56 Å². The fraction of sp³-hybridized carbons (Fsp3) is 0.214. The lowest BCUT2D eigenvalue weighted by molar-refractivity contribution is -0.117. The molecule has 9 nitrogen and oxygen atoms in total. The predicted octanol–water partition coefficient (Wildman–Crippen LogP) is 4.55. The molecule has 0 aliphatic heterocycles. The molecule has 0 unspecified atom stereocenters. The van der Waals surface area contributed by atoms with Crippen molar-refractivity contribution in [2.45, 2.75) is 12.5 Å². The molecular weight excluding hydrogens is 474 g/mol. The van der Waals surface area contributed by atoms with E-state index in [1.54, 1.807) is 51.8 Å². The van der Waals surface area contributed by atoms with Crippen molar-refractivity contribution in [2.24, 2.45) is 5.73 Å². The Hall–Kier alpha value is -4.50. The Morgan fingerprint density at radius 2 is 1.57 bits per heavy atom. The smallest absolute Gasteiger partial charge is 0.241 e. The number of hydrogen-bond donors (Lipinski definition) is 2. The number of rotatable bonds is 10. The van der Waals surface area contributed by atoms with E-state index in [-0.39, 0.29) is 5.91 Å². The lowest BCUT2D eigenvalue weighted by atomic mass is 10.0. The lowest BCUT2D eigenvalue weighted by Gasteiger charge is -2.16. The summed E-state index contributed by atoms with van der Waals surface area (Å²) in [7, 11) is 6.17. The maximum Gasteiger partial charge on any atom is 0.241 e. The van der Waals surface area contributed by atoms with Crippen LogP contribution >= 0.6 is 0 Å². The minimum atomic E-state index is -0.735. The number of nitrogens with one attached hydrogen (secondary N) is 1. The highest BCUT2D eigenvalue weighted by Crippen LogP contribution is 2.44. The Labute approximate surface area is 215 Å². The van der Waals surface area contributed by atoms with Gasteiger partial charge in [-0.3, -0.25) is 4.79 Å². The van der Waals surface area contributed by atoms with Crippen LogP contribution in [0.15, 0.2) is 71.4 Å². The molecule has 4 rings (SSSR count). The first-order valence-electron chi connectivity index (χ1n) is 11.5. The highest BCUT2D eigenvalue weighted by atomic mass is 16.5. The molecule has 0 bridgehead atoms. The summed E-state index contributed by atoms with van der Waals surface area (Å²) in [5.74, 6) is 2.09. The number of anilines is 1. The van der Waals surface area contributed by atoms with E-state index in [0.29, 0.717) is 52.0 Å². The van der Waals surface area contributed by atoms with Gasteiger partial charge in [-0.2, -0.15) is 0 Å². The lowest BCUT2D eigenvalue weighted by Crippen LogP contribution is -2.37. The topological polar surface area (TPSA) is 118 Å². The van der Waals surface area contributed by atoms with E-state index in [4.69, 9.17) is 29.2 Å². The van der Waals surface area contributed by atoms with E-state index in [2.05, 4.69) is 10.5 Å². The van der Waals surface area contributed by atoms with Crippen LogP contribution in [0.2, 0.25) is 0 Å². The predicted molar refractivity (Wildman–Crippen MR) is 140 cm³/mol. The third-order valence-electron chi connectivity index (χ3n) is 5.90. The Bertz CT molecular complexity index is 1340. The summed E-state index contributed by atoms with van der Waals surface area (Å²) in [5, 5.41) is 6.91. The minimum absolute atomic E-state index is 0.325. The quantitative estimate of drug-likeness (QED) is 0.324. The second kappa shape index (κ2) is 11.5. The zero-order valence-corrected chi connectivity index (χ0v) is 21.1. The highest BCUT2D eigenvalue weighted by Gasteiger charge is 2.21. The Balaban J connectivity index is 1.66. The van der Waals surface area contributed by atoms with Gasteiger partial charge < -0.3 is 34.5 Å². The summed E-state index contributed by atoms with van der Waals surface area (Å²) >= 11 is 0. The standard InChI is InChI=1S/C28H29N3O6/c1-33-23-11-10-18(13-22(23)31-28(32)21(29)12-17-8-6-5-7-9-17)20-16-30-37-26(20)19-14-24(34-2)27(36-4)25(15-19)35-3/h5-11,13-16,21H,12,29H2,1-4H3,(H,31,32)/t21-/m0/s1. The van der Waals surface area contributed by atoms with Gasteiger partial charge in [0, 0.05) is 11.1 Å². The van der Waals surface area contributed by atoms with Crippen molar-refractivity contribution in [1.82, 2.24) is 5.16 Å². The molecule has 0 aliphatic rings. The van der Waals surface area contributed by atoms with Crippen molar-refractivity contribution in [2.75, 3.05) is 33.8 Å². The first kappa shape index (κ1) is 25.6. The fourth-order valence-corrected chi connectivity index (χ4v) is 4.02. The number of nitrogens with two attached hydrogens (primary N) is 1. The number of methoxy groups -OCH3 is 4. The number of ether oxygens (including phenoxy) is 4. The van der Waals surface area contributed by atoms with Gasteiger partial charge in [0.15, 0.2) is 17.3 Å². The third-order valence-corrected chi connectivity index (χ3v) is 5.90. The van der Waals surface area contributed by atoms with Crippen molar-refractivity contribution < 1.29 is 28.3 Å². The van der Waals surface area contributed by atoms with Gasteiger partial charge in [0.1, 0.15) is 5.75 Å². The first-order chi connectivity index (χ1) is 18.0. The Morgan fingerprint density at radius 1 is 0.892 bits per heavy atom. The summed E-state index contributed by atoms with van der Waals surface area (Å²) in [6.45, 7) is 0. The van der Waals surface area contributed by atoms with Gasteiger partial charge in [0.2, 0.25) is 11.7 Å². The van der Waals surface area contributed by atoms with Crippen LogP contribution in [-0.4, -0.2) is 45.5 Å².